The number of nitrogens with zero attached hydrogens (tertiary/aromatic N) is 3. The predicted molar refractivity (Wildman–Crippen MR) is 166 cm³/mol. The van der Waals surface area contributed by atoms with Crippen molar-refractivity contribution < 1.29 is 0 Å². The van der Waals surface area contributed by atoms with Crippen LogP contribution in [0.2, 0.25) is 0 Å². The summed E-state index contributed by atoms with van der Waals surface area (Å²) in [6.45, 7) is 0. The lowest BCUT2D eigenvalue weighted by Crippen LogP contribution is -1.92. The molecule has 0 N–H and O–H groups in total. The second-order valence-corrected chi connectivity index (χ2v) is 10.5. The van der Waals surface area contributed by atoms with Crippen LogP contribution in [-0.4, -0.2) is 9.97 Å². The van der Waals surface area contributed by atoms with Crippen LogP contribution in [0.1, 0.15) is 16.7 Å². The van der Waals surface area contributed by atoms with Gasteiger partial charge in [-0.05, 0) is 58.5 Å². The number of hydrogen-bond donors (Lipinski definition) is 0. The number of nitriles is 1. The number of benzene rings is 5. The third-order valence-electron chi connectivity index (χ3n) is 8.13. The Balaban J connectivity index is 1.29. The van der Waals surface area contributed by atoms with Gasteiger partial charge in [-0.25, -0.2) is 9.97 Å². The molecule has 0 saturated carbocycles. The molecule has 8 rings (SSSR count). The van der Waals surface area contributed by atoms with E-state index in [2.05, 4.69) is 91.0 Å². The molecule has 190 valence electrons. The molecule has 41 heavy (non-hydrogen) atoms. The fraction of sp³-hybridized carbons (Fsp3) is 0.0263. The van der Waals surface area contributed by atoms with Crippen molar-refractivity contribution >= 4 is 21.8 Å². The molecule has 0 unspecified atom stereocenters. The zero-order chi connectivity index (χ0) is 27.3. The van der Waals surface area contributed by atoms with E-state index in [0.29, 0.717) is 5.56 Å². The molecule has 0 bridgehead atoms. The van der Waals surface area contributed by atoms with Crippen LogP contribution in [0.25, 0.3) is 66.6 Å². The van der Waals surface area contributed by atoms with E-state index in [1.807, 2.05) is 42.5 Å². The molecule has 0 radical (unpaired) electrons. The number of rotatable bonds is 3. The third kappa shape index (κ3) is 3.81. The minimum Gasteiger partial charge on any atom is -0.245 e. The molecular weight excluding hydrogens is 498 g/mol. The van der Waals surface area contributed by atoms with Gasteiger partial charge >= 0.3 is 0 Å². The maximum atomic E-state index is 9.80. The summed E-state index contributed by atoms with van der Waals surface area (Å²) in [5.41, 5.74) is 13.6. The quantitative estimate of drug-likeness (QED) is 0.218. The Hall–Kier alpha value is -5.59. The topological polar surface area (TPSA) is 49.6 Å². The number of aromatic nitrogens is 2. The molecule has 0 atom stereocenters. The Bertz CT molecular complexity index is 2190. The summed E-state index contributed by atoms with van der Waals surface area (Å²) in [6, 6.07) is 46.3. The van der Waals surface area contributed by atoms with E-state index in [-0.39, 0.29) is 0 Å². The van der Waals surface area contributed by atoms with Gasteiger partial charge < -0.3 is 0 Å². The number of fused-ring (bicyclic) bond motifs is 6. The van der Waals surface area contributed by atoms with Gasteiger partial charge in [0.05, 0.1) is 34.1 Å². The van der Waals surface area contributed by atoms with Gasteiger partial charge in [-0.15, -0.1) is 0 Å². The molecule has 0 aliphatic heterocycles. The monoisotopic (exact) mass is 521 g/mol. The fourth-order valence-corrected chi connectivity index (χ4v) is 6.13. The van der Waals surface area contributed by atoms with Crippen molar-refractivity contribution in [3.8, 4) is 50.8 Å². The van der Waals surface area contributed by atoms with Crippen molar-refractivity contribution in [1.82, 2.24) is 9.97 Å². The molecule has 2 aromatic heterocycles. The van der Waals surface area contributed by atoms with Crippen molar-refractivity contribution in [2.24, 2.45) is 0 Å². The first-order chi connectivity index (χ1) is 20.3. The molecule has 0 saturated heterocycles. The van der Waals surface area contributed by atoms with Crippen LogP contribution in [0.3, 0.4) is 0 Å². The van der Waals surface area contributed by atoms with E-state index < -0.39 is 0 Å². The van der Waals surface area contributed by atoms with E-state index in [4.69, 9.17) is 9.97 Å². The molecule has 0 spiro atoms. The van der Waals surface area contributed by atoms with E-state index >= 15 is 0 Å². The minimum absolute atomic E-state index is 0.691. The van der Waals surface area contributed by atoms with Crippen LogP contribution in [0.5, 0.6) is 0 Å². The van der Waals surface area contributed by atoms with Gasteiger partial charge in [0.25, 0.3) is 0 Å². The Morgan fingerprint density at radius 3 is 1.93 bits per heavy atom. The van der Waals surface area contributed by atoms with Gasteiger partial charge in [0, 0.05) is 27.5 Å². The molecular formula is C38H23N3. The van der Waals surface area contributed by atoms with Crippen molar-refractivity contribution in [3.63, 3.8) is 0 Å². The first-order valence-corrected chi connectivity index (χ1v) is 13.8. The highest BCUT2D eigenvalue weighted by molar-refractivity contribution is 6.04. The second kappa shape index (κ2) is 9.26. The highest BCUT2D eigenvalue weighted by Gasteiger charge is 2.23. The lowest BCUT2D eigenvalue weighted by molar-refractivity contribution is 1.26. The highest BCUT2D eigenvalue weighted by atomic mass is 14.8. The summed E-state index contributed by atoms with van der Waals surface area (Å²) in [5, 5.41) is 11.9. The zero-order valence-corrected chi connectivity index (χ0v) is 22.2. The minimum atomic E-state index is 0.691. The average Bonchev–Trinajstić information content (AvgIpc) is 3.43. The summed E-state index contributed by atoms with van der Waals surface area (Å²) in [5.74, 6) is 0. The van der Waals surface area contributed by atoms with Crippen LogP contribution < -0.4 is 0 Å². The van der Waals surface area contributed by atoms with E-state index in [1.54, 1.807) is 0 Å². The van der Waals surface area contributed by atoms with Gasteiger partial charge in [0.15, 0.2) is 0 Å². The Kier molecular flexibility index (Phi) is 5.26. The Morgan fingerprint density at radius 1 is 0.512 bits per heavy atom. The molecule has 1 aliphatic rings. The van der Waals surface area contributed by atoms with Gasteiger partial charge in [-0.3, -0.25) is 0 Å². The van der Waals surface area contributed by atoms with Crippen LogP contribution in [0.4, 0.5) is 0 Å². The van der Waals surface area contributed by atoms with Gasteiger partial charge in [-0.1, -0.05) is 103 Å². The Labute approximate surface area is 238 Å². The maximum Gasteiger partial charge on any atom is 0.0998 e. The van der Waals surface area contributed by atoms with Crippen LogP contribution in [-0.2, 0) is 6.42 Å². The highest BCUT2D eigenvalue weighted by Crippen LogP contribution is 2.45. The lowest BCUT2D eigenvalue weighted by atomic mass is 9.91. The SMILES string of the molecule is N#Cc1ccccc1-c1cccc2c1-c1cc(-c3ccc4ccc5ccc(-c6ccccc6)nc5c4n3)ccc1C2. The third-order valence-corrected chi connectivity index (χ3v) is 8.13. The average molecular weight is 522 g/mol. The van der Waals surface area contributed by atoms with Crippen molar-refractivity contribution in [2.45, 2.75) is 6.42 Å². The van der Waals surface area contributed by atoms with Crippen molar-refractivity contribution in [1.29, 1.82) is 5.26 Å². The van der Waals surface area contributed by atoms with Crippen molar-refractivity contribution in [3.05, 3.63) is 144 Å². The largest absolute Gasteiger partial charge is 0.245 e. The second-order valence-electron chi connectivity index (χ2n) is 10.5. The molecule has 0 amide bonds. The molecule has 3 heteroatoms. The standard InChI is InChI=1S/C38H23N3/c39-23-30-9-4-5-11-31(30)32-12-6-10-29-21-27-15-16-28(22-33(27)36(29)32)35-20-18-26-14-13-25-17-19-34(24-7-2-1-3-8-24)40-37(25)38(26)41-35/h1-20,22H,21H2. The molecule has 3 nitrogen and oxygen atoms in total. The smallest absolute Gasteiger partial charge is 0.0998 e. The van der Waals surface area contributed by atoms with E-state index in [0.717, 1.165) is 61.9 Å². The first-order valence-electron chi connectivity index (χ1n) is 13.8. The summed E-state index contributed by atoms with van der Waals surface area (Å²) in [4.78, 5) is 10.3. The van der Waals surface area contributed by atoms with Crippen LogP contribution in [0.15, 0.2) is 127 Å². The zero-order valence-electron chi connectivity index (χ0n) is 22.2. The molecule has 5 aromatic carbocycles. The molecule has 2 heterocycles. The summed E-state index contributed by atoms with van der Waals surface area (Å²) in [6.07, 6.45) is 0.884. The summed E-state index contributed by atoms with van der Waals surface area (Å²) >= 11 is 0. The lowest BCUT2D eigenvalue weighted by Gasteiger charge is -2.13. The van der Waals surface area contributed by atoms with Crippen molar-refractivity contribution in [2.75, 3.05) is 0 Å². The van der Waals surface area contributed by atoms with Gasteiger partial charge in [0.2, 0.25) is 0 Å². The molecule has 0 fully saturated rings. The number of pyridine rings is 2. The van der Waals surface area contributed by atoms with Crippen LogP contribution in [0, 0.1) is 11.3 Å². The number of hydrogen-bond acceptors (Lipinski definition) is 3. The first kappa shape index (κ1) is 23.3. The van der Waals surface area contributed by atoms with E-state index in [1.165, 1.54) is 22.3 Å². The van der Waals surface area contributed by atoms with E-state index in [9.17, 15) is 5.26 Å². The maximum absolute atomic E-state index is 9.80. The fourth-order valence-electron chi connectivity index (χ4n) is 6.13. The molecule has 1 aliphatic carbocycles. The van der Waals surface area contributed by atoms with Gasteiger partial charge in [0.1, 0.15) is 0 Å². The summed E-state index contributed by atoms with van der Waals surface area (Å²) < 4.78 is 0. The normalized spacial score (nSPS) is 11.8. The predicted octanol–water partition coefficient (Wildman–Crippen LogP) is 9.23. The summed E-state index contributed by atoms with van der Waals surface area (Å²) in [7, 11) is 0. The van der Waals surface area contributed by atoms with Gasteiger partial charge in [-0.2, -0.15) is 5.26 Å². The molecule has 7 aromatic rings. The Morgan fingerprint density at radius 2 is 1.17 bits per heavy atom. The van der Waals surface area contributed by atoms with Crippen LogP contribution >= 0.6 is 0 Å².